The lowest BCUT2D eigenvalue weighted by atomic mass is 9.96. The van der Waals surface area contributed by atoms with Crippen LogP contribution >= 0.6 is 28.6 Å². The second kappa shape index (κ2) is 6.18. The number of carbonyl (C=O) groups excluding carboxylic acids is 1. The van der Waals surface area contributed by atoms with E-state index in [1.54, 1.807) is 0 Å². The third kappa shape index (κ3) is 3.26. The average Bonchev–Trinajstić information content (AvgIpc) is 2.37. The van der Waals surface area contributed by atoms with Gasteiger partial charge in [-0.2, -0.15) is 12.6 Å². The standard InChI is InChI=1S/C14H18BrNO2S/c1-9(2)10(8-19)6-16-12-5-11(15)3-4-13(12)18-7-14(16)17/h3-5,9-10,19H,6-8H2,1-2H3. The average molecular weight is 344 g/mol. The van der Waals surface area contributed by atoms with E-state index in [2.05, 4.69) is 42.4 Å². The van der Waals surface area contributed by atoms with Gasteiger partial charge in [0.05, 0.1) is 5.69 Å². The van der Waals surface area contributed by atoms with Crippen LogP contribution in [-0.2, 0) is 4.79 Å². The number of ether oxygens (including phenoxy) is 1. The summed E-state index contributed by atoms with van der Waals surface area (Å²) >= 11 is 7.84. The van der Waals surface area contributed by atoms with Gasteiger partial charge in [-0.15, -0.1) is 0 Å². The molecule has 1 unspecified atom stereocenters. The van der Waals surface area contributed by atoms with Gasteiger partial charge in [-0.3, -0.25) is 4.79 Å². The fraction of sp³-hybridized carbons (Fsp3) is 0.500. The van der Waals surface area contributed by atoms with Gasteiger partial charge in [0.25, 0.3) is 5.91 Å². The quantitative estimate of drug-likeness (QED) is 0.849. The molecule has 0 saturated heterocycles. The van der Waals surface area contributed by atoms with Crippen LogP contribution in [0.3, 0.4) is 0 Å². The van der Waals surface area contributed by atoms with Crippen molar-refractivity contribution in [3.63, 3.8) is 0 Å². The summed E-state index contributed by atoms with van der Waals surface area (Å²) in [4.78, 5) is 13.9. The van der Waals surface area contributed by atoms with Gasteiger partial charge in [0.15, 0.2) is 6.61 Å². The first-order chi connectivity index (χ1) is 9.02. The van der Waals surface area contributed by atoms with E-state index in [1.165, 1.54) is 0 Å². The molecule has 0 fully saturated rings. The monoisotopic (exact) mass is 343 g/mol. The summed E-state index contributed by atoms with van der Waals surface area (Å²) in [5.74, 6) is 2.41. The fourth-order valence-corrected chi connectivity index (χ4v) is 2.98. The molecule has 1 aromatic rings. The first kappa shape index (κ1) is 14.7. The Kier molecular flexibility index (Phi) is 4.79. The predicted molar refractivity (Wildman–Crippen MR) is 84.2 cm³/mol. The number of fused-ring (bicyclic) bond motifs is 1. The van der Waals surface area contributed by atoms with Crippen LogP contribution in [0.15, 0.2) is 22.7 Å². The molecule has 1 aliphatic heterocycles. The normalized spacial score (nSPS) is 16.3. The number of nitrogens with zero attached hydrogens (tertiary/aromatic N) is 1. The zero-order valence-electron chi connectivity index (χ0n) is 11.1. The molecule has 1 aromatic carbocycles. The number of hydrogen-bond donors (Lipinski definition) is 1. The minimum absolute atomic E-state index is 0.0121. The number of anilines is 1. The SMILES string of the molecule is CC(C)C(CS)CN1C(=O)COc2ccc(Br)cc21. The third-order valence-electron chi connectivity index (χ3n) is 3.46. The summed E-state index contributed by atoms with van der Waals surface area (Å²) in [5, 5.41) is 0. The van der Waals surface area contributed by atoms with Crippen molar-refractivity contribution in [2.45, 2.75) is 13.8 Å². The van der Waals surface area contributed by atoms with Gasteiger partial charge in [0, 0.05) is 11.0 Å². The van der Waals surface area contributed by atoms with Crippen LogP contribution in [0.2, 0.25) is 0 Å². The lowest BCUT2D eigenvalue weighted by molar-refractivity contribution is -0.121. The van der Waals surface area contributed by atoms with Crippen molar-refractivity contribution < 1.29 is 9.53 Å². The maximum absolute atomic E-state index is 12.1. The van der Waals surface area contributed by atoms with Crippen molar-refractivity contribution in [3.05, 3.63) is 22.7 Å². The van der Waals surface area contributed by atoms with Crippen LogP contribution < -0.4 is 9.64 Å². The lowest BCUT2D eigenvalue weighted by Crippen LogP contribution is -2.43. The second-order valence-electron chi connectivity index (χ2n) is 5.09. The Balaban J connectivity index is 2.29. The van der Waals surface area contributed by atoms with Crippen molar-refractivity contribution in [3.8, 4) is 5.75 Å². The number of thiol groups is 1. The van der Waals surface area contributed by atoms with Crippen LogP contribution in [0.4, 0.5) is 5.69 Å². The number of carbonyl (C=O) groups is 1. The van der Waals surface area contributed by atoms with E-state index in [0.29, 0.717) is 18.4 Å². The smallest absolute Gasteiger partial charge is 0.265 e. The molecule has 1 heterocycles. The molecule has 19 heavy (non-hydrogen) atoms. The number of amides is 1. The Labute approximate surface area is 127 Å². The van der Waals surface area contributed by atoms with Gasteiger partial charge >= 0.3 is 0 Å². The highest BCUT2D eigenvalue weighted by atomic mass is 79.9. The first-order valence-corrected chi connectivity index (χ1v) is 7.79. The zero-order valence-corrected chi connectivity index (χ0v) is 13.6. The Bertz CT molecular complexity index is 479. The van der Waals surface area contributed by atoms with E-state index in [1.807, 2.05) is 23.1 Å². The summed E-state index contributed by atoms with van der Waals surface area (Å²) < 4.78 is 6.41. The third-order valence-corrected chi connectivity index (χ3v) is 4.42. The Morgan fingerprint density at radius 3 is 2.84 bits per heavy atom. The van der Waals surface area contributed by atoms with Crippen LogP contribution in [-0.4, -0.2) is 24.8 Å². The Morgan fingerprint density at radius 1 is 1.47 bits per heavy atom. The molecule has 2 rings (SSSR count). The van der Waals surface area contributed by atoms with Crippen molar-refractivity contribution in [2.75, 3.05) is 23.8 Å². The maximum Gasteiger partial charge on any atom is 0.265 e. The van der Waals surface area contributed by atoms with Crippen molar-refractivity contribution in [1.82, 2.24) is 0 Å². The maximum atomic E-state index is 12.1. The highest BCUT2D eigenvalue weighted by Crippen LogP contribution is 2.35. The fourth-order valence-electron chi connectivity index (χ4n) is 2.09. The number of halogens is 1. The number of benzene rings is 1. The molecule has 1 atom stereocenters. The van der Waals surface area contributed by atoms with Gasteiger partial charge < -0.3 is 9.64 Å². The molecule has 1 aliphatic rings. The van der Waals surface area contributed by atoms with E-state index in [-0.39, 0.29) is 12.5 Å². The van der Waals surface area contributed by atoms with E-state index in [0.717, 1.165) is 21.7 Å². The minimum Gasteiger partial charge on any atom is -0.482 e. The minimum atomic E-state index is 0.0121. The Hall–Kier alpha value is -0.680. The molecular formula is C14H18BrNO2S. The lowest BCUT2D eigenvalue weighted by Gasteiger charge is -2.33. The summed E-state index contributed by atoms with van der Waals surface area (Å²) in [5.41, 5.74) is 0.845. The summed E-state index contributed by atoms with van der Waals surface area (Å²) in [7, 11) is 0. The van der Waals surface area contributed by atoms with Gasteiger partial charge in [0.1, 0.15) is 5.75 Å². The van der Waals surface area contributed by atoms with Crippen LogP contribution in [0.5, 0.6) is 5.75 Å². The largest absolute Gasteiger partial charge is 0.482 e. The van der Waals surface area contributed by atoms with Gasteiger partial charge in [0.2, 0.25) is 0 Å². The van der Waals surface area contributed by atoms with E-state index in [9.17, 15) is 4.79 Å². The van der Waals surface area contributed by atoms with Crippen molar-refractivity contribution in [1.29, 1.82) is 0 Å². The van der Waals surface area contributed by atoms with Gasteiger partial charge in [-0.25, -0.2) is 0 Å². The van der Waals surface area contributed by atoms with Gasteiger partial charge in [-0.1, -0.05) is 29.8 Å². The van der Waals surface area contributed by atoms with Gasteiger partial charge in [-0.05, 0) is 35.8 Å². The van der Waals surface area contributed by atoms with Crippen molar-refractivity contribution in [2.24, 2.45) is 11.8 Å². The molecule has 0 saturated carbocycles. The molecule has 0 N–H and O–H groups in total. The molecule has 0 radical (unpaired) electrons. The Morgan fingerprint density at radius 2 is 2.21 bits per heavy atom. The van der Waals surface area contributed by atoms with Crippen LogP contribution in [0, 0.1) is 11.8 Å². The highest BCUT2D eigenvalue weighted by Gasteiger charge is 2.28. The molecule has 3 nitrogen and oxygen atoms in total. The molecular weight excluding hydrogens is 326 g/mol. The number of hydrogen-bond acceptors (Lipinski definition) is 3. The second-order valence-corrected chi connectivity index (χ2v) is 6.37. The summed E-state index contributed by atoms with van der Waals surface area (Å²) in [6.07, 6.45) is 0. The van der Waals surface area contributed by atoms with Crippen LogP contribution in [0.25, 0.3) is 0 Å². The topological polar surface area (TPSA) is 29.5 Å². The molecule has 0 aromatic heterocycles. The number of rotatable bonds is 4. The molecule has 0 bridgehead atoms. The summed E-state index contributed by atoms with van der Waals surface area (Å²) in [6.45, 7) is 5.13. The summed E-state index contributed by atoms with van der Waals surface area (Å²) in [6, 6.07) is 5.75. The molecule has 0 spiro atoms. The molecule has 5 heteroatoms. The highest BCUT2D eigenvalue weighted by molar-refractivity contribution is 9.10. The van der Waals surface area contributed by atoms with Crippen LogP contribution in [0.1, 0.15) is 13.8 Å². The molecule has 0 aliphatic carbocycles. The van der Waals surface area contributed by atoms with E-state index in [4.69, 9.17) is 4.74 Å². The molecule has 104 valence electrons. The van der Waals surface area contributed by atoms with E-state index >= 15 is 0 Å². The zero-order chi connectivity index (χ0) is 14.0. The predicted octanol–water partition coefficient (Wildman–Crippen LogP) is 3.38. The molecule has 1 amide bonds. The van der Waals surface area contributed by atoms with Crippen molar-refractivity contribution >= 4 is 40.2 Å². The van der Waals surface area contributed by atoms with E-state index < -0.39 is 0 Å². The first-order valence-electron chi connectivity index (χ1n) is 6.36.